The molecular formula is C10H13NO4S. The number of hydrogen-bond donors (Lipinski definition) is 2. The van der Waals surface area contributed by atoms with Crippen molar-refractivity contribution in [3.8, 4) is 0 Å². The predicted octanol–water partition coefficient (Wildman–Crippen LogP) is 0.860. The maximum absolute atomic E-state index is 11.4. The molecule has 6 heteroatoms. The fourth-order valence-corrected chi connectivity index (χ4v) is 2.24. The summed E-state index contributed by atoms with van der Waals surface area (Å²) in [5.41, 5.74) is 5.99. The largest absolute Gasteiger partial charge is 0.481 e. The van der Waals surface area contributed by atoms with Crippen molar-refractivity contribution in [2.45, 2.75) is 17.7 Å². The Morgan fingerprint density at radius 1 is 1.44 bits per heavy atom. The van der Waals surface area contributed by atoms with Crippen LogP contribution in [0.15, 0.2) is 23.1 Å². The summed E-state index contributed by atoms with van der Waals surface area (Å²) in [5, 5.41) is 8.85. The molecule has 1 rings (SSSR count). The molecule has 0 aliphatic carbocycles. The standard InChI is InChI=1S/C10H13NO4S/c1-6(10(12)13)7-4-3-5-8(9(7)11)16(2,14)15/h3-6H,11H2,1-2H3,(H,12,13)/t6-/m0/s1. The Hall–Kier alpha value is -1.56. The van der Waals surface area contributed by atoms with Gasteiger partial charge in [0.1, 0.15) is 0 Å². The van der Waals surface area contributed by atoms with Crippen molar-refractivity contribution in [2.75, 3.05) is 12.0 Å². The van der Waals surface area contributed by atoms with Crippen molar-refractivity contribution in [1.82, 2.24) is 0 Å². The van der Waals surface area contributed by atoms with Crippen molar-refractivity contribution >= 4 is 21.5 Å². The Labute approximate surface area is 93.8 Å². The van der Waals surface area contributed by atoms with Crippen LogP contribution in [0.25, 0.3) is 0 Å². The summed E-state index contributed by atoms with van der Waals surface area (Å²) in [6, 6.07) is 4.37. The summed E-state index contributed by atoms with van der Waals surface area (Å²) in [4.78, 5) is 10.8. The van der Waals surface area contributed by atoms with Crippen molar-refractivity contribution in [2.24, 2.45) is 0 Å². The van der Waals surface area contributed by atoms with Gasteiger partial charge in [0.25, 0.3) is 0 Å². The molecule has 0 fully saturated rings. The molecule has 88 valence electrons. The lowest BCUT2D eigenvalue weighted by atomic mass is 10.00. The molecule has 0 spiro atoms. The Morgan fingerprint density at radius 2 is 2.00 bits per heavy atom. The van der Waals surface area contributed by atoms with Gasteiger partial charge in [0.05, 0.1) is 16.5 Å². The van der Waals surface area contributed by atoms with Crippen LogP contribution in [0, 0.1) is 0 Å². The number of carboxylic acid groups (broad SMARTS) is 1. The molecule has 3 N–H and O–H groups in total. The van der Waals surface area contributed by atoms with Gasteiger partial charge in [-0.15, -0.1) is 0 Å². The highest BCUT2D eigenvalue weighted by atomic mass is 32.2. The number of hydrogen-bond acceptors (Lipinski definition) is 4. The van der Waals surface area contributed by atoms with Gasteiger partial charge in [0, 0.05) is 6.26 Å². The smallest absolute Gasteiger partial charge is 0.310 e. The molecule has 0 bridgehead atoms. The molecule has 0 radical (unpaired) electrons. The highest BCUT2D eigenvalue weighted by Gasteiger charge is 2.21. The lowest BCUT2D eigenvalue weighted by Gasteiger charge is -2.12. The number of nitrogen functional groups attached to an aromatic ring is 1. The van der Waals surface area contributed by atoms with E-state index in [2.05, 4.69) is 0 Å². The van der Waals surface area contributed by atoms with Gasteiger partial charge in [0.15, 0.2) is 9.84 Å². The van der Waals surface area contributed by atoms with Crippen LogP contribution in [0.2, 0.25) is 0 Å². The molecular weight excluding hydrogens is 230 g/mol. The summed E-state index contributed by atoms with van der Waals surface area (Å²) >= 11 is 0. The van der Waals surface area contributed by atoms with Crippen molar-refractivity contribution < 1.29 is 18.3 Å². The van der Waals surface area contributed by atoms with Crippen LogP contribution in [0.4, 0.5) is 5.69 Å². The number of nitrogens with two attached hydrogens (primary N) is 1. The van der Waals surface area contributed by atoms with Crippen LogP contribution in [0.5, 0.6) is 0 Å². The van der Waals surface area contributed by atoms with Gasteiger partial charge in [-0.05, 0) is 18.6 Å². The van der Waals surface area contributed by atoms with Crippen LogP contribution in [0.1, 0.15) is 18.4 Å². The molecule has 16 heavy (non-hydrogen) atoms. The van der Waals surface area contributed by atoms with E-state index >= 15 is 0 Å². The van der Waals surface area contributed by atoms with Gasteiger partial charge in [-0.1, -0.05) is 12.1 Å². The first-order chi connectivity index (χ1) is 7.25. The molecule has 0 aliphatic heterocycles. The minimum Gasteiger partial charge on any atom is -0.481 e. The topological polar surface area (TPSA) is 97.5 Å². The van der Waals surface area contributed by atoms with E-state index in [0.717, 1.165) is 6.26 Å². The van der Waals surface area contributed by atoms with Crippen LogP contribution in [0.3, 0.4) is 0 Å². The Bertz CT molecular complexity index is 522. The van der Waals surface area contributed by atoms with Crippen LogP contribution in [-0.2, 0) is 14.6 Å². The van der Waals surface area contributed by atoms with Gasteiger partial charge in [-0.2, -0.15) is 0 Å². The number of sulfone groups is 1. The average molecular weight is 243 g/mol. The van der Waals surface area contributed by atoms with E-state index in [0.29, 0.717) is 5.56 Å². The molecule has 1 atom stereocenters. The van der Waals surface area contributed by atoms with E-state index in [1.54, 1.807) is 0 Å². The zero-order valence-corrected chi connectivity index (χ0v) is 9.78. The number of benzene rings is 1. The number of aliphatic carboxylic acids is 1. The van der Waals surface area contributed by atoms with E-state index in [-0.39, 0.29) is 10.6 Å². The Balaban J connectivity index is 3.41. The van der Waals surface area contributed by atoms with Gasteiger partial charge < -0.3 is 10.8 Å². The molecule has 0 unspecified atom stereocenters. The first-order valence-corrected chi connectivity index (χ1v) is 6.45. The van der Waals surface area contributed by atoms with Crippen LogP contribution < -0.4 is 5.73 Å². The summed E-state index contributed by atoms with van der Waals surface area (Å²) in [7, 11) is -3.43. The fraction of sp³-hybridized carbons (Fsp3) is 0.300. The molecule has 0 aliphatic rings. The van der Waals surface area contributed by atoms with Crippen LogP contribution in [-0.4, -0.2) is 25.7 Å². The molecule has 0 aromatic heterocycles. The molecule has 0 amide bonds. The number of rotatable bonds is 3. The molecule has 1 aromatic rings. The van der Waals surface area contributed by atoms with Crippen LogP contribution >= 0.6 is 0 Å². The predicted molar refractivity (Wildman–Crippen MR) is 60.0 cm³/mol. The Morgan fingerprint density at radius 3 is 2.44 bits per heavy atom. The molecule has 0 heterocycles. The molecule has 0 saturated carbocycles. The van der Waals surface area contributed by atoms with Gasteiger partial charge in [-0.25, -0.2) is 8.42 Å². The van der Waals surface area contributed by atoms with E-state index in [9.17, 15) is 13.2 Å². The summed E-state index contributed by atoms with van der Waals surface area (Å²) < 4.78 is 22.7. The van der Waals surface area contributed by atoms with Gasteiger partial charge in [-0.3, -0.25) is 4.79 Å². The third-order valence-corrected chi connectivity index (χ3v) is 3.49. The van der Waals surface area contributed by atoms with Gasteiger partial charge in [0.2, 0.25) is 0 Å². The van der Waals surface area contributed by atoms with Gasteiger partial charge >= 0.3 is 5.97 Å². The highest BCUT2D eigenvalue weighted by molar-refractivity contribution is 7.90. The third-order valence-electron chi connectivity index (χ3n) is 2.34. The van der Waals surface area contributed by atoms with E-state index in [4.69, 9.17) is 10.8 Å². The van der Waals surface area contributed by atoms with E-state index in [1.165, 1.54) is 25.1 Å². The minimum absolute atomic E-state index is 0.0138. The normalized spacial score (nSPS) is 13.4. The average Bonchev–Trinajstić information content (AvgIpc) is 2.15. The Kier molecular flexibility index (Phi) is 3.23. The second-order valence-corrected chi connectivity index (χ2v) is 5.58. The maximum Gasteiger partial charge on any atom is 0.310 e. The molecule has 1 aromatic carbocycles. The van der Waals surface area contributed by atoms with E-state index < -0.39 is 21.7 Å². The van der Waals surface area contributed by atoms with Crippen molar-refractivity contribution in [1.29, 1.82) is 0 Å². The first kappa shape index (κ1) is 12.5. The summed E-state index contributed by atoms with van der Waals surface area (Å²) in [6.45, 7) is 1.46. The first-order valence-electron chi connectivity index (χ1n) is 4.56. The lowest BCUT2D eigenvalue weighted by Crippen LogP contribution is -2.12. The number of carboxylic acids is 1. The second-order valence-electron chi connectivity index (χ2n) is 3.59. The second kappa shape index (κ2) is 4.13. The van der Waals surface area contributed by atoms with Crippen molar-refractivity contribution in [3.05, 3.63) is 23.8 Å². The lowest BCUT2D eigenvalue weighted by molar-refractivity contribution is -0.138. The molecule has 0 saturated heterocycles. The number of anilines is 1. The number of para-hydroxylation sites is 1. The molecule has 5 nitrogen and oxygen atoms in total. The fourth-order valence-electron chi connectivity index (χ4n) is 1.39. The third kappa shape index (κ3) is 2.33. The minimum atomic E-state index is -3.43. The summed E-state index contributed by atoms with van der Waals surface area (Å²) in [5.74, 6) is -1.88. The maximum atomic E-state index is 11.4. The highest BCUT2D eigenvalue weighted by Crippen LogP contribution is 2.28. The SMILES string of the molecule is C[C@H](C(=O)O)c1cccc(S(C)(=O)=O)c1N. The summed E-state index contributed by atoms with van der Waals surface area (Å²) in [6.07, 6.45) is 1.04. The quantitative estimate of drug-likeness (QED) is 0.767. The zero-order valence-electron chi connectivity index (χ0n) is 8.97. The van der Waals surface area contributed by atoms with Crippen molar-refractivity contribution in [3.63, 3.8) is 0 Å². The van der Waals surface area contributed by atoms with E-state index in [1.807, 2.05) is 0 Å². The zero-order chi connectivity index (χ0) is 12.5. The number of carbonyl (C=O) groups is 1. The monoisotopic (exact) mass is 243 g/mol.